The van der Waals surface area contributed by atoms with E-state index in [9.17, 15) is 29.5 Å². The van der Waals surface area contributed by atoms with Crippen molar-refractivity contribution in [3.8, 4) is 5.69 Å². The molecular formula is C20H24BN3O6. The second kappa shape index (κ2) is 10.5. The predicted molar refractivity (Wildman–Crippen MR) is 110 cm³/mol. The molecule has 0 bridgehead atoms. The molecule has 2 rings (SSSR count). The summed E-state index contributed by atoms with van der Waals surface area (Å²) < 4.78 is 1.71. The lowest BCUT2D eigenvalue weighted by molar-refractivity contribution is -0.135. The molecule has 0 aliphatic heterocycles. The van der Waals surface area contributed by atoms with Gasteiger partial charge in [0.05, 0.1) is 17.8 Å². The van der Waals surface area contributed by atoms with Gasteiger partial charge in [-0.2, -0.15) is 0 Å². The van der Waals surface area contributed by atoms with Gasteiger partial charge in [0.1, 0.15) is 0 Å². The maximum absolute atomic E-state index is 12.6. The highest BCUT2D eigenvalue weighted by molar-refractivity contribution is 6.43. The maximum atomic E-state index is 12.6. The van der Waals surface area contributed by atoms with E-state index in [0.717, 1.165) is 0 Å². The first-order valence-electron chi connectivity index (χ1n) is 9.47. The van der Waals surface area contributed by atoms with Gasteiger partial charge in [-0.15, -0.1) is 0 Å². The van der Waals surface area contributed by atoms with Gasteiger partial charge in [-0.1, -0.05) is 26.0 Å². The van der Waals surface area contributed by atoms with Crippen molar-refractivity contribution in [2.24, 2.45) is 5.92 Å². The van der Waals surface area contributed by atoms with Crippen LogP contribution in [0.4, 0.5) is 0 Å². The normalized spacial score (nSPS) is 13.4. The van der Waals surface area contributed by atoms with E-state index < -0.39 is 36.6 Å². The molecular weight excluding hydrogens is 389 g/mol. The van der Waals surface area contributed by atoms with Crippen LogP contribution < -0.4 is 5.32 Å². The van der Waals surface area contributed by atoms with Crippen molar-refractivity contribution in [3.63, 3.8) is 0 Å². The zero-order valence-corrected chi connectivity index (χ0v) is 16.7. The van der Waals surface area contributed by atoms with Crippen molar-refractivity contribution in [1.82, 2.24) is 14.9 Å². The number of carboxylic acids is 1. The Morgan fingerprint density at radius 3 is 2.60 bits per heavy atom. The summed E-state index contributed by atoms with van der Waals surface area (Å²) in [6, 6.07) is 6.64. The molecule has 158 valence electrons. The van der Waals surface area contributed by atoms with Crippen molar-refractivity contribution in [2.75, 3.05) is 0 Å². The van der Waals surface area contributed by atoms with Crippen LogP contribution in [0.3, 0.4) is 0 Å². The van der Waals surface area contributed by atoms with Gasteiger partial charge in [0, 0.05) is 29.6 Å². The number of nitrogens with zero attached hydrogens (tertiary/aromatic N) is 2. The summed E-state index contributed by atoms with van der Waals surface area (Å²) in [6.45, 7) is 3.19. The molecule has 2 atom stereocenters. The number of rotatable bonds is 10. The van der Waals surface area contributed by atoms with Gasteiger partial charge in [-0.05, 0) is 31.0 Å². The quantitative estimate of drug-likeness (QED) is 0.197. The molecule has 2 aromatic rings. The van der Waals surface area contributed by atoms with Gasteiger partial charge in [-0.25, -0.2) is 9.78 Å². The molecule has 1 aromatic heterocycles. The second-order valence-electron chi connectivity index (χ2n) is 6.85. The fraction of sp³-hybridized carbons (Fsp3) is 0.300. The SMILES string of the molecule is CC/C=C(/C(=O)O)C(=O)C(C)CC(NC(=O)c1cccc(-n2ccnc2)c1)B(O)O. The lowest BCUT2D eigenvalue weighted by Gasteiger charge is -2.21. The van der Waals surface area contributed by atoms with E-state index in [-0.39, 0.29) is 17.6 Å². The van der Waals surface area contributed by atoms with Crippen LogP contribution in [-0.4, -0.2) is 55.4 Å². The summed E-state index contributed by atoms with van der Waals surface area (Å²) in [4.78, 5) is 40.3. The molecule has 30 heavy (non-hydrogen) atoms. The largest absolute Gasteiger partial charge is 0.478 e. The Morgan fingerprint density at radius 2 is 2.03 bits per heavy atom. The Labute approximate surface area is 174 Å². The van der Waals surface area contributed by atoms with Crippen LogP contribution in [0.1, 0.15) is 37.0 Å². The summed E-state index contributed by atoms with van der Waals surface area (Å²) in [5.41, 5.74) is 0.624. The number of carbonyl (C=O) groups is 3. The maximum Gasteiger partial charge on any atom is 0.475 e. The van der Waals surface area contributed by atoms with Crippen molar-refractivity contribution >= 4 is 24.8 Å². The molecule has 9 nitrogen and oxygen atoms in total. The summed E-state index contributed by atoms with van der Waals surface area (Å²) in [5.74, 6) is -4.54. The third-order valence-corrected chi connectivity index (χ3v) is 4.55. The molecule has 0 saturated carbocycles. The first-order valence-corrected chi connectivity index (χ1v) is 9.47. The lowest BCUT2D eigenvalue weighted by Crippen LogP contribution is -2.48. The number of ketones is 1. The van der Waals surface area contributed by atoms with Crippen LogP contribution in [0, 0.1) is 5.92 Å². The van der Waals surface area contributed by atoms with Crippen LogP contribution >= 0.6 is 0 Å². The topological polar surface area (TPSA) is 142 Å². The molecule has 0 spiro atoms. The van der Waals surface area contributed by atoms with E-state index in [1.54, 1.807) is 54.5 Å². The Morgan fingerprint density at radius 1 is 1.30 bits per heavy atom. The van der Waals surface area contributed by atoms with Crippen LogP contribution in [0.2, 0.25) is 0 Å². The predicted octanol–water partition coefficient (Wildman–Crippen LogP) is 0.999. The molecule has 0 radical (unpaired) electrons. The molecule has 2 unspecified atom stereocenters. The minimum Gasteiger partial charge on any atom is -0.478 e. The van der Waals surface area contributed by atoms with E-state index in [0.29, 0.717) is 12.1 Å². The van der Waals surface area contributed by atoms with E-state index in [1.807, 2.05) is 0 Å². The molecule has 1 aromatic carbocycles. The molecule has 0 saturated heterocycles. The molecule has 1 heterocycles. The first kappa shape index (κ1) is 23.0. The van der Waals surface area contributed by atoms with Crippen molar-refractivity contribution in [2.45, 2.75) is 32.6 Å². The third kappa shape index (κ3) is 5.88. The molecule has 0 aliphatic carbocycles. The number of allylic oxidation sites excluding steroid dienone is 1. The van der Waals surface area contributed by atoms with Crippen LogP contribution in [-0.2, 0) is 9.59 Å². The lowest BCUT2D eigenvalue weighted by atomic mass is 9.73. The molecule has 0 fully saturated rings. The van der Waals surface area contributed by atoms with Crippen LogP contribution in [0.25, 0.3) is 5.69 Å². The fourth-order valence-electron chi connectivity index (χ4n) is 2.98. The molecule has 0 aliphatic rings. The average molecular weight is 413 g/mol. The van der Waals surface area contributed by atoms with E-state index in [4.69, 9.17) is 0 Å². The fourth-order valence-corrected chi connectivity index (χ4v) is 2.98. The van der Waals surface area contributed by atoms with Crippen LogP contribution in [0.15, 0.2) is 54.6 Å². The second-order valence-corrected chi connectivity index (χ2v) is 6.85. The standard InChI is InChI=1S/C20H24BN3O6/c1-3-5-16(20(27)28)18(25)13(2)10-17(21(29)30)23-19(26)14-6-4-7-15(11-14)24-9-8-22-12-24/h4-9,11-13,17,29-30H,3,10H2,1-2H3,(H,23,26)(H,27,28)/b16-5+. The van der Waals surface area contributed by atoms with Gasteiger partial charge in [-0.3, -0.25) is 9.59 Å². The van der Waals surface area contributed by atoms with Gasteiger partial charge >= 0.3 is 13.1 Å². The highest BCUT2D eigenvalue weighted by Gasteiger charge is 2.31. The monoisotopic (exact) mass is 413 g/mol. The molecule has 10 heteroatoms. The van der Waals surface area contributed by atoms with E-state index >= 15 is 0 Å². The van der Waals surface area contributed by atoms with Gasteiger partial charge in [0.2, 0.25) is 0 Å². The Balaban J connectivity index is 2.13. The number of hydrogen-bond acceptors (Lipinski definition) is 6. The zero-order valence-electron chi connectivity index (χ0n) is 16.7. The van der Waals surface area contributed by atoms with E-state index in [1.165, 1.54) is 13.0 Å². The van der Waals surface area contributed by atoms with Gasteiger partial charge < -0.3 is 25.0 Å². The van der Waals surface area contributed by atoms with Gasteiger partial charge in [0.15, 0.2) is 5.78 Å². The number of nitrogens with one attached hydrogen (secondary N) is 1. The number of Topliss-reactive ketones (excluding diaryl/α,β-unsaturated/α-hetero) is 1. The van der Waals surface area contributed by atoms with Crippen molar-refractivity contribution < 1.29 is 29.5 Å². The van der Waals surface area contributed by atoms with E-state index in [2.05, 4.69) is 10.3 Å². The molecule has 1 amide bonds. The Hall–Kier alpha value is -3.24. The number of imidazole rings is 1. The van der Waals surface area contributed by atoms with Crippen molar-refractivity contribution in [1.29, 1.82) is 0 Å². The number of aromatic nitrogens is 2. The minimum absolute atomic E-state index is 0.141. The third-order valence-electron chi connectivity index (χ3n) is 4.55. The Kier molecular flexibility index (Phi) is 8.08. The highest BCUT2D eigenvalue weighted by atomic mass is 16.4. The number of amides is 1. The zero-order chi connectivity index (χ0) is 22.3. The number of aliphatic carboxylic acids is 1. The van der Waals surface area contributed by atoms with Crippen LogP contribution in [0.5, 0.6) is 0 Å². The molecule has 4 N–H and O–H groups in total. The number of benzene rings is 1. The first-order chi connectivity index (χ1) is 14.2. The smallest absolute Gasteiger partial charge is 0.475 e. The van der Waals surface area contributed by atoms with Crippen molar-refractivity contribution in [3.05, 3.63) is 60.2 Å². The summed E-state index contributed by atoms with van der Waals surface area (Å²) in [6.07, 6.45) is 6.43. The Bertz CT molecular complexity index is 926. The summed E-state index contributed by atoms with van der Waals surface area (Å²) in [7, 11) is -1.93. The summed E-state index contributed by atoms with van der Waals surface area (Å²) in [5, 5.41) is 31.1. The minimum atomic E-state index is -1.93. The average Bonchev–Trinajstić information content (AvgIpc) is 3.25. The van der Waals surface area contributed by atoms with Gasteiger partial charge in [0.25, 0.3) is 5.91 Å². The summed E-state index contributed by atoms with van der Waals surface area (Å²) >= 11 is 0. The number of hydrogen-bond donors (Lipinski definition) is 4. The number of carbonyl (C=O) groups excluding carboxylic acids is 2. The number of carboxylic acid groups (broad SMARTS) is 1. The highest BCUT2D eigenvalue weighted by Crippen LogP contribution is 2.16.